The van der Waals surface area contributed by atoms with Crippen molar-refractivity contribution in [2.24, 2.45) is 0 Å². The van der Waals surface area contributed by atoms with Crippen molar-refractivity contribution < 1.29 is 17.3 Å². The number of halogens is 1. The highest BCUT2D eigenvalue weighted by Crippen LogP contribution is 2.33. The van der Waals surface area contributed by atoms with Gasteiger partial charge in [-0.1, -0.05) is 5.16 Å². The molecule has 1 saturated heterocycles. The molecular formula is C19H16FN5O3S. The second-order valence-corrected chi connectivity index (χ2v) is 8.87. The summed E-state index contributed by atoms with van der Waals surface area (Å²) in [6.45, 7) is 2.31. The van der Waals surface area contributed by atoms with E-state index in [4.69, 9.17) is 4.52 Å². The van der Waals surface area contributed by atoms with E-state index in [-0.39, 0.29) is 29.7 Å². The molecule has 0 amide bonds. The maximum atomic E-state index is 13.1. The van der Waals surface area contributed by atoms with E-state index in [9.17, 15) is 12.8 Å². The first kappa shape index (κ1) is 18.0. The lowest BCUT2D eigenvalue weighted by Crippen LogP contribution is -2.48. The van der Waals surface area contributed by atoms with Crippen LogP contribution in [-0.4, -0.2) is 45.3 Å². The van der Waals surface area contributed by atoms with Gasteiger partial charge in [-0.25, -0.2) is 17.8 Å². The number of fused-ring (bicyclic) bond motifs is 1. The van der Waals surface area contributed by atoms with Crippen molar-refractivity contribution in [3.63, 3.8) is 0 Å². The van der Waals surface area contributed by atoms with Gasteiger partial charge in [0.2, 0.25) is 21.7 Å². The van der Waals surface area contributed by atoms with Crippen LogP contribution in [0.2, 0.25) is 0 Å². The quantitative estimate of drug-likeness (QED) is 0.511. The zero-order valence-electron chi connectivity index (χ0n) is 15.4. The van der Waals surface area contributed by atoms with Crippen LogP contribution in [0.5, 0.6) is 0 Å². The molecule has 0 aliphatic carbocycles. The molecule has 0 bridgehead atoms. The van der Waals surface area contributed by atoms with Gasteiger partial charge in [0, 0.05) is 31.0 Å². The van der Waals surface area contributed by atoms with Crippen LogP contribution in [0.25, 0.3) is 17.0 Å². The first-order valence-electron chi connectivity index (χ1n) is 8.96. The van der Waals surface area contributed by atoms with Crippen LogP contribution in [0.15, 0.2) is 58.2 Å². The standard InChI is InChI=1S/C19H16FN5O3S/c1-12-9-24-8-2-3-16(18(24)21-12)29(26,27)25-10-14(11-25)19-22-17(23-28-19)13-4-6-15(20)7-5-13/h2-9,14H,10-11H2,1H3. The highest BCUT2D eigenvalue weighted by atomic mass is 32.2. The molecule has 8 nitrogen and oxygen atoms in total. The fourth-order valence-electron chi connectivity index (χ4n) is 3.36. The number of benzene rings is 1. The van der Waals surface area contributed by atoms with Crippen LogP contribution in [0, 0.1) is 12.7 Å². The summed E-state index contributed by atoms with van der Waals surface area (Å²) in [4.78, 5) is 8.84. The van der Waals surface area contributed by atoms with Crippen LogP contribution in [0.3, 0.4) is 0 Å². The molecule has 148 valence electrons. The Bertz CT molecular complexity index is 1310. The number of hydrogen-bond acceptors (Lipinski definition) is 6. The Kier molecular flexibility index (Phi) is 4.00. The second-order valence-electron chi connectivity index (χ2n) is 6.97. The van der Waals surface area contributed by atoms with Gasteiger partial charge in [0.15, 0.2) is 5.65 Å². The van der Waals surface area contributed by atoms with E-state index in [1.165, 1.54) is 16.4 Å². The molecule has 4 aromatic rings. The maximum absolute atomic E-state index is 13.1. The lowest BCUT2D eigenvalue weighted by molar-refractivity contribution is 0.217. The van der Waals surface area contributed by atoms with E-state index < -0.39 is 10.0 Å². The summed E-state index contributed by atoms with van der Waals surface area (Å²) in [5, 5.41) is 3.92. The van der Waals surface area contributed by atoms with Gasteiger partial charge in [-0.2, -0.15) is 9.29 Å². The minimum atomic E-state index is -3.69. The molecular weight excluding hydrogens is 397 g/mol. The number of aromatic nitrogens is 4. The predicted octanol–water partition coefficient (Wildman–Crippen LogP) is 2.62. The first-order chi connectivity index (χ1) is 13.9. The monoisotopic (exact) mass is 413 g/mol. The molecule has 4 heterocycles. The number of sulfonamides is 1. The van der Waals surface area contributed by atoms with Gasteiger partial charge in [0.05, 0.1) is 11.6 Å². The minimum absolute atomic E-state index is 0.170. The molecule has 0 spiro atoms. The first-order valence-corrected chi connectivity index (χ1v) is 10.4. The van der Waals surface area contributed by atoms with Gasteiger partial charge in [0.1, 0.15) is 10.7 Å². The van der Waals surface area contributed by atoms with E-state index in [1.807, 2.05) is 6.92 Å². The predicted molar refractivity (Wildman–Crippen MR) is 101 cm³/mol. The summed E-state index contributed by atoms with van der Waals surface area (Å²) in [7, 11) is -3.69. The van der Waals surface area contributed by atoms with E-state index >= 15 is 0 Å². The summed E-state index contributed by atoms with van der Waals surface area (Å²) in [6, 6.07) is 9.01. The molecule has 0 unspecified atom stereocenters. The van der Waals surface area contributed by atoms with E-state index in [0.29, 0.717) is 22.9 Å². The van der Waals surface area contributed by atoms with Crippen molar-refractivity contribution in [2.75, 3.05) is 13.1 Å². The Morgan fingerprint density at radius 2 is 1.90 bits per heavy atom. The SMILES string of the molecule is Cc1cn2cccc(S(=O)(=O)N3CC(c4nc(-c5ccc(F)cc5)no4)C3)c2n1. The lowest BCUT2D eigenvalue weighted by Gasteiger charge is -2.35. The Morgan fingerprint density at radius 1 is 1.14 bits per heavy atom. The number of pyridine rings is 1. The normalized spacial score (nSPS) is 15.7. The van der Waals surface area contributed by atoms with Gasteiger partial charge < -0.3 is 8.92 Å². The average molecular weight is 413 g/mol. The summed E-state index contributed by atoms with van der Waals surface area (Å²) >= 11 is 0. The third-order valence-electron chi connectivity index (χ3n) is 4.93. The highest BCUT2D eigenvalue weighted by molar-refractivity contribution is 7.89. The van der Waals surface area contributed by atoms with Crippen LogP contribution >= 0.6 is 0 Å². The van der Waals surface area contributed by atoms with Gasteiger partial charge in [-0.05, 0) is 43.3 Å². The molecule has 0 N–H and O–H groups in total. The minimum Gasteiger partial charge on any atom is -0.339 e. The number of hydrogen-bond donors (Lipinski definition) is 0. The fourth-order valence-corrected chi connectivity index (χ4v) is 5.02. The summed E-state index contributed by atoms with van der Waals surface area (Å²) in [6.07, 6.45) is 3.55. The average Bonchev–Trinajstić information content (AvgIpc) is 3.26. The Morgan fingerprint density at radius 3 is 2.66 bits per heavy atom. The van der Waals surface area contributed by atoms with E-state index in [2.05, 4.69) is 15.1 Å². The molecule has 1 aromatic carbocycles. The van der Waals surface area contributed by atoms with Crippen LogP contribution in [0.1, 0.15) is 17.5 Å². The lowest BCUT2D eigenvalue weighted by atomic mass is 10.0. The zero-order valence-corrected chi connectivity index (χ0v) is 16.2. The molecule has 10 heteroatoms. The number of rotatable bonds is 4. The highest BCUT2D eigenvalue weighted by Gasteiger charge is 2.41. The molecule has 5 rings (SSSR count). The van der Waals surface area contributed by atoms with Crippen molar-refractivity contribution in [1.29, 1.82) is 0 Å². The summed E-state index contributed by atoms with van der Waals surface area (Å²) < 4.78 is 47.5. The Labute approximate surface area is 165 Å². The Balaban J connectivity index is 1.36. The topological polar surface area (TPSA) is 93.6 Å². The smallest absolute Gasteiger partial charge is 0.246 e. The third-order valence-corrected chi connectivity index (χ3v) is 6.78. The molecule has 1 fully saturated rings. The summed E-state index contributed by atoms with van der Waals surface area (Å²) in [5.74, 6) is 0.178. The van der Waals surface area contributed by atoms with Crippen molar-refractivity contribution in [1.82, 2.24) is 23.8 Å². The second kappa shape index (κ2) is 6.46. The van der Waals surface area contributed by atoms with Gasteiger partial charge in [-0.3, -0.25) is 0 Å². The molecule has 0 saturated carbocycles. The molecule has 0 radical (unpaired) electrons. The van der Waals surface area contributed by atoms with Crippen LogP contribution in [-0.2, 0) is 10.0 Å². The van der Waals surface area contributed by atoms with Crippen molar-refractivity contribution >= 4 is 15.7 Å². The largest absolute Gasteiger partial charge is 0.339 e. The summed E-state index contributed by atoms with van der Waals surface area (Å²) in [5.41, 5.74) is 1.78. The molecule has 1 aliphatic heterocycles. The molecule has 3 aromatic heterocycles. The Hall–Kier alpha value is -3.11. The van der Waals surface area contributed by atoms with Gasteiger partial charge in [-0.15, -0.1) is 0 Å². The van der Waals surface area contributed by atoms with E-state index in [0.717, 1.165) is 5.69 Å². The molecule has 29 heavy (non-hydrogen) atoms. The number of aryl methyl sites for hydroxylation is 1. The van der Waals surface area contributed by atoms with Crippen LogP contribution < -0.4 is 0 Å². The van der Waals surface area contributed by atoms with Gasteiger partial charge >= 0.3 is 0 Å². The third kappa shape index (κ3) is 3.00. The number of nitrogens with zero attached hydrogens (tertiary/aromatic N) is 5. The fraction of sp³-hybridized carbons (Fsp3) is 0.211. The molecule has 0 atom stereocenters. The number of imidazole rings is 1. The van der Waals surface area contributed by atoms with Gasteiger partial charge in [0.25, 0.3) is 0 Å². The van der Waals surface area contributed by atoms with Crippen molar-refractivity contribution in [2.45, 2.75) is 17.7 Å². The maximum Gasteiger partial charge on any atom is 0.246 e. The van der Waals surface area contributed by atoms with E-state index in [1.54, 1.807) is 41.1 Å². The zero-order chi connectivity index (χ0) is 20.2. The van der Waals surface area contributed by atoms with Crippen molar-refractivity contribution in [3.05, 3.63) is 66.2 Å². The molecule has 1 aliphatic rings. The van der Waals surface area contributed by atoms with Crippen LogP contribution in [0.4, 0.5) is 4.39 Å². The van der Waals surface area contributed by atoms with Crippen molar-refractivity contribution in [3.8, 4) is 11.4 Å².